The maximum atomic E-state index is 12.3. The van der Waals surface area contributed by atoms with Crippen LogP contribution < -0.4 is 5.32 Å². The molecule has 0 aliphatic carbocycles. The van der Waals surface area contributed by atoms with Gasteiger partial charge in [0.05, 0.1) is 12.2 Å². The summed E-state index contributed by atoms with van der Waals surface area (Å²) in [7, 11) is 0. The summed E-state index contributed by atoms with van der Waals surface area (Å²) in [5, 5.41) is 8.06. The minimum atomic E-state index is 0.0336. The Labute approximate surface area is 157 Å². The molecule has 4 nitrogen and oxygen atoms in total. The van der Waals surface area contributed by atoms with Crippen molar-refractivity contribution in [2.75, 3.05) is 25.0 Å². The molecule has 0 spiro atoms. The standard InChI is InChI=1S/C21H23N3OS/c25-20(14-24-11-5-1-2-6-12-24)23-21-22-19(15-26-21)18-10-9-16-7-3-4-8-17(16)13-18/h3-4,7-10,13,15H,1-2,5-6,11-12,14H2,(H,22,23,25). The van der Waals surface area contributed by atoms with Crippen LogP contribution >= 0.6 is 11.3 Å². The second-order valence-electron chi connectivity index (χ2n) is 6.84. The van der Waals surface area contributed by atoms with Gasteiger partial charge in [-0.15, -0.1) is 11.3 Å². The number of rotatable bonds is 4. The lowest BCUT2D eigenvalue weighted by atomic mass is 10.1. The molecule has 0 bridgehead atoms. The van der Waals surface area contributed by atoms with E-state index < -0.39 is 0 Å². The van der Waals surface area contributed by atoms with Crippen molar-refractivity contribution < 1.29 is 4.79 Å². The van der Waals surface area contributed by atoms with Crippen LogP contribution in [0.25, 0.3) is 22.0 Å². The number of carbonyl (C=O) groups excluding carboxylic acids is 1. The van der Waals surface area contributed by atoms with E-state index in [2.05, 4.69) is 45.5 Å². The summed E-state index contributed by atoms with van der Waals surface area (Å²) < 4.78 is 0. The molecular weight excluding hydrogens is 342 g/mol. The highest BCUT2D eigenvalue weighted by atomic mass is 32.1. The monoisotopic (exact) mass is 365 g/mol. The van der Waals surface area contributed by atoms with Gasteiger partial charge in [-0.25, -0.2) is 4.98 Å². The van der Waals surface area contributed by atoms with Gasteiger partial charge in [-0.2, -0.15) is 0 Å². The second-order valence-corrected chi connectivity index (χ2v) is 7.70. The van der Waals surface area contributed by atoms with Crippen LogP contribution in [0.15, 0.2) is 47.8 Å². The first-order valence-corrected chi connectivity index (χ1v) is 10.1. The Morgan fingerprint density at radius 1 is 1.04 bits per heavy atom. The molecule has 0 radical (unpaired) electrons. The first-order chi connectivity index (χ1) is 12.8. The van der Waals surface area contributed by atoms with Crippen molar-refractivity contribution >= 4 is 33.1 Å². The molecule has 0 unspecified atom stereocenters. The van der Waals surface area contributed by atoms with Crippen molar-refractivity contribution in [2.45, 2.75) is 25.7 Å². The van der Waals surface area contributed by atoms with Crippen molar-refractivity contribution in [3.63, 3.8) is 0 Å². The molecule has 1 aromatic heterocycles. The number of nitrogens with zero attached hydrogens (tertiary/aromatic N) is 2. The minimum absolute atomic E-state index is 0.0336. The van der Waals surface area contributed by atoms with Crippen LogP contribution in [0, 0.1) is 0 Å². The van der Waals surface area contributed by atoms with Gasteiger partial charge >= 0.3 is 0 Å². The lowest BCUT2D eigenvalue weighted by Gasteiger charge is -2.18. The average molecular weight is 366 g/mol. The third-order valence-corrected chi connectivity index (χ3v) is 5.62. The smallest absolute Gasteiger partial charge is 0.240 e. The van der Waals surface area contributed by atoms with Crippen LogP contribution in [-0.4, -0.2) is 35.4 Å². The molecule has 0 atom stereocenters. The van der Waals surface area contributed by atoms with Crippen molar-refractivity contribution in [1.29, 1.82) is 0 Å². The second kappa shape index (κ2) is 7.98. The van der Waals surface area contributed by atoms with E-state index in [1.807, 2.05) is 17.5 Å². The maximum Gasteiger partial charge on any atom is 0.240 e. The topological polar surface area (TPSA) is 45.2 Å². The van der Waals surface area contributed by atoms with Crippen molar-refractivity contribution in [3.05, 3.63) is 47.8 Å². The summed E-state index contributed by atoms with van der Waals surface area (Å²) in [6.07, 6.45) is 4.94. The number of fused-ring (bicyclic) bond motifs is 1. The predicted octanol–water partition coefficient (Wildman–Crippen LogP) is 4.78. The Morgan fingerprint density at radius 3 is 2.62 bits per heavy atom. The molecule has 1 fully saturated rings. The van der Waals surface area contributed by atoms with Gasteiger partial charge in [-0.3, -0.25) is 9.69 Å². The number of nitrogens with one attached hydrogen (secondary N) is 1. The van der Waals surface area contributed by atoms with Crippen LogP contribution in [0.5, 0.6) is 0 Å². The normalized spacial score (nSPS) is 15.7. The van der Waals surface area contributed by atoms with Crippen LogP contribution in [-0.2, 0) is 4.79 Å². The third kappa shape index (κ3) is 4.11. The number of carbonyl (C=O) groups is 1. The number of benzene rings is 2. The van der Waals surface area contributed by atoms with Crippen LogP contribution in [0.2, 0.25) is 0 Å². The Kier molecular flexibility index (Phi) is 5.27. The highest BCUT2D eigenvalue weighted by molar-refractivity contribution is 7.14. The zero-order valence-corrected chi connectivity index (χ0v) is 15.6. The summed E-state index contributed by atoms with van der Waals surface area (Å²) in [4.78, 5) is 19.2. The maximum absolute atomic E-state index is 12.3. The number of thiazole rings is 1. The summed E-state index contributed by atoms with van der Waals surface area (Å²) in [5.74, 6) is 0.0336. The quantitative estimate of drug-likeness (QED) is 0.724. The SMILES string of the molecule is O=C(CN1CCCCCC1)Nc1nc(-c2ccc3ccccc3c2)cs1. The van der Waals surface area contributed by atoms with Crippen LogP contribution in [0.4, 0.5) is 5.13 Å². The van der Waals surface area contributed by atoms with Crippen LogP contribution in [0.1, 0.15) is 25.7 Å². The first-order valence-electron chi connectivity index (χ1n) is 9.25. The number of amides is 1. The number of anilines is 1. The fourth-order valence-corrected chi connectivity index (χ4v) is 4.20. The molecule has 2 heterocycles. The van der Waals surface area contributed by atoms with Gasteiger partial charge in [0, 0.05) is 10.9 Å². The van der Waals surface area contributed by atoms with Crippen LogP contribution in [0.3, 0.4) is 0 Å². The Hall–Kier alpha value is -2.24. The van der Waals surface area contributed by atoms with Crippen molar-refractivity contribution in [1.82, 2.24) is 9.88 Å². The predicted molar refractivity (Wildman–Crippen MR) is 109 cm³/mol. The molecule has 2 aromatic carbocycles. The molecule has 1 amide bonds. The molecular formula is C21H23N3OS. The number of likely N-dealkylation sites (tertiary alicyclic amines) is 1. The zero-order chi connectivity index (χ0) is 17.8. The lowest BCUT2D eigenvalue weighted by Crippen LogP contribution is -2.33. The van der Waals surface area contributed by atoms with Gasteiger partial charge in [-0.05, 0) is 42.8 Å². The van der Waals surface area contributed by atoms with Gasteiger partial charge in [0.2, 0.25) is 5.91 Å². The highest BCUT2D eigenvalue weighted by Gasteiger charge is 2.14. The molecule has 4 rings (SSSR count). The van der Waals surface area contributed by atoms with E-state index in [9.17, 15) is 4.79 Å². The lowest BCUT2D eigenvalue weighted by molar-refractivity contribution is -0.117. The highest BCUT2D eigenvalue weighted by Crippen LogP contribution is 2.27. The van der Waals surface area contributed by atoms with Gasteiger partial charge < -0.3 is 5.32 Å². The number of hydrogen-bond donors (Lipinski definition) is 1. The van der Waals surface area contributed by atoms with E-state index in [4.69, 9.17) is 0 Å². The molecule has 1 aliphatic rings. The zero-order valence-electron chi connectivity index (χ0n) is 14.8. The molecule has 1 aliphatic heterocycles. The number of hydrogen-bond acceptors (Lipinski definition) is 4. The molecule has 5 heteroatoms. The van der Waals surface area contributed by atoms with E-state index in [0.29, 0.717) is 11.7 Å². The summed E-state index contributed by atoms with van der Waals surface area (Å²) in [5.41, 5.74) is 1.98. The van der Waals surface area contributed by atoms with Gasteiger partial charge in [0.1, 0.15) is 0 Å². The molecule has 0 saturated carbocycles. The van der Waals surface area contributed by atoms with E-state index in [-0.39, 0.29) is 5.91 Å². The molecule has 1 N–H and O–H groups in total. The third-order valence-electron chi connectivity index (χ3n) is 4.86. The van der Waals surface area contributed by atoms with E-state index >= 15 is 0 Å². The molecule has 26 heavy (non-hydrogen) atoms. The Balaban J connectivity index is 1.42. The first kappa shape index (κ1) is 17.2. The fraction of sp³-hybridized carbons (Fsp3) is 0.333. The fourth-order valence-electron chi connectivity index (χ4n) is 3.47. The largest absolute Gasteiger partial charge is 0.301 e. The van der Waals surface area contributed by atoms with Gasteiger partial charge in [-0.1, -0.05) is 49.2 Å². The molecule has 1 saturated heterocycles. The van der Waals surface area contributed by atoms with Crippen molar-refractivity contribution in [3.8, 4) is 11.3 Å². The summed E-state index contributed by atoms with van der Waals surface area (Å²) in [6.45, 7) is 2.51. The van der Waals surface area contributed by atoms with E-state index in [0.717, 1.165) is 24.3 Å². The van der Waals surface area contributed by atoms with Crippen molar-refractivity contribution in [2.24, 2.45) is 0 Å². The number of aromatic nitrogens is 1. The Bertz CT molecular complexity index is 897. The van der Waals surface area contributed by atoms with Gasteiger partial charge in [0.25, 0.3) is 0 Å². The Morgan fingerprint density at radius 2 is 1.81 bits per heavy atom. The minimum Gasteiger partial charge on any atom is -0.301 e. The summed E-state index contributed by atoms with van der Waals surface area (Å²) >= 11 is 1.48. The molecule has 134 valence electrons. The van der Waals surface area contributed by atoms with Gasteiger partial charge in [0.15, 0.2) is 5.13 Å². The molecule has 3 aromatic rings. The van der Waals surface area contributed by atoms with E-state index in [1.165, 1.54) is 47.8 Å². The average Bonchev–Trinajstić information content (AvgIpc) is 2.97. The van der Waals surface area contributed by atoms with E-state index in [1.54, 1.807) is 0 Å². The summed E-state index contributed by atoms with van der Waals surface area (Å²) in [6, 6.07) is 14.6.